The Balaban J connectivity index is 1.30. The summed E-state index contributed by atoms with van der Waals surface area (Å²) in [7, 11) is 0. The van der Waals surface area contributed by atoms with Gasteiger partial charge in [-0.2, -0.15) is 0 Å². The van der Waals surface area contributed by atoms with Gasteiger partial charge in [0, 0.05) is 13.0 Å². The minimum atomic E-state index is -0.636. The highest BCUT2D eigenvalue weighted by molar-refractivity contribution is 5.74. The molecule has 0 spiro atoms. The molecule has 0 amide bonds. The molecule has 0 radical (unpaired) electrons. The maximum Gasteiger partial charge on any atom is 0.286 e. The Morgan fingerprint density at radius 2 is 1.07 bits per heavy atom. The summed E-state index contributed by atoms with van der Waals surface area (Å²) < 4.78 is 39.1. The maximum atomic E-state index is 6.78. The van der Waals surface area contributed by atoms with Crippen LogP contribution < -0.4 is 5.32 Å². The topological polar surface area (TPSA) is 79.8 Å². The first-order chi connectivity index (χ1) is 22.8. The van der Waals surface area contributed by atoms with Gasteiger partial charge in [-0.05, 0) is 22.3 Å². The van der Waals surface area contributed by atoms with E-state index in [1.807, 2.05) is 97.1 Å². The standard InChI is InChI=1S/C38H42N2O6/c1-5-14-29(15-6-1)24-41-28-33-34(43-25-30-16-7-2-8-17-30)35(44-26-31-18-9-3-10-19-31)36(45-27-32-20-11-4-12-21-32)37(46-33)40-38-39-22-13-23-42-38/h1-12,14-21,33-37H,13,22-28H2,(H,39,40)/t33-,34-,35+,36-,37+/m1/s1. The van der Waals surface area contributed by atoms with Crippen LogP contribution >= 0.6 is 0 Å². The molecule has 2 aliphatic heterocycles. The predicted molar refractivity (Wildman–Crippen MR) is 176 cm³/mol. The van der Waals surface area contributed by atoms with E-state index in [4.69, 9.17) is 28.4 Å². The molecule has 2 aliphatic rings. The molecular formula is C38H42N2O6. The predicted octanol–water partition coefficient (Wildman–Crippen LogP) is 6.05. The van der Waals surface area contributed by atoms with Crippen LogP contribution in [0.5, 0.6) is 0 Å². The van der Waals surface area contributed by atoms with Crippen molar-refractivity contribution in [3.8, 4) is 0 Å². The van der Waals surface area contributed by atoms with Gasteiger partial charge in [0.2, 0.25) is 0 Å². The van der Waals surface area contributed by atoms with Crippen LogP contribution in [-0.4, -0.2) is 56.4 Å². The van der Waals surface area contributed by atoms with E-state index in [0.717, 1.165) is 28.7 Å². The highest BCUT2D eigenvalue weighted by atomic mass is 16.6. The Bertz CT molecular complexity index is 1460. The van der Waals surface area contributed by atoms with Crippen molar-refractivity contribution in [3.63, 3.8) is 0 Å². The van der Waals surface area contributed by atoms with Gasteiger partial charge in [-0.3, -0.25) is 0 Å². The first-order valence-electron chi connectivity index (χ1n) is 16.0. The largest absolute Gasteiger partial charge is 0.465 e. The first kappa shape index (κ1) is 31.9. The van der Waals surface area contributed by atoms with Crippen molar-refractivity contribution in [2.75, 3.05) is 19.8 Å². The second-order valence-electron chi connectivity index (χ2n) is 11.4. The summed E-state index contributed by atoms with van der Waals surface area (Å²) in [4.78, 5) is 4.56. The summed E-state index contributed by atoms with van der Waals surface area (Å²) >= 11 is 0. The minimum absolute atomic E-state index is 0.288. The third-order valence-electron chi connectivity index (χ3n) is 7.95. The van der Waals surface area contributed by atoms with Crippen LogP contribution in [0.2, 0.25) is 0 Å². The molecule has 1 N–H and O–H groups in total. The molecule has 0 unspecified atom stereocenters. The highest BCUT2D eigenvalue weighted by Crippen LogP contribution is 2.30. The van der Waals surface area contributed by atoms with Gasteiger partial charge in [0.05, 0.1) is 39.6 Å². The van der Waals surface area contributed by atoms with Crippen LogP contribution in [0.25, 0.3) is 0 Å². The Kier molecular flexibility index (Phi) is 11.8. The van der Waals surface area contributed by atoms with E-state index in [2.05, 4.69) is 34.6 Å². The number of ether oxygens (including phenoxy) is 6. The summed E-state index contributed by atoms with van der Waals surface area (Å²) in [6, 6.07) is 40.9. The van der Waals surface area contributed by atoms with E-state index in [-0.39, 0.29) is 6.61 Å². The van der Waals surface area contributed by atoms with Gasteiger partial charge in [-0.25, -0.2) is 4.99 Å². The molecule has 46 heavy (non-hydrogen) atoms. The molecule has 4 aromatic rings. The summed E-state index contributed by atoms with van der Waals surface area (Å²) in [6.07, 6.45) is -1.84. The quantitative estimate of drug-likeness (QED) is 0.183. The number of amidine groups is 1. The van der Waals surface area contributed by atoms with Crippen molar-refractivity contribution in [2.24, 2.45) is 4.99 Å². The van der Waals surface area contributed by atoms with E-state index in [0.29, 0.717) is 45.6 Å². The molecule has 0 saturated carbocycles. The summed E-state index contributed by atoms with van der Waals surface area (Å²) in [5.74, 6) is 0. The first-order valence-corrected chi connectivity index (χ1v) is 16.0. The van der Waals surface area contributed by atoms with Crippen molar-refractivity contribution in [3.05, 3.63) is 144 Å². The fourth-order valence-electron chi connectivity index (χ4n) is 5.57. The van der Waals surface area contributed by atoms with Crippen molar-refractivity contribution in [2.45, 2.75) is 63.5 Å². The molecule has 5 atom stereocenters. The average molecular weight is 623 g/mol. The third-order valence-corrected chi connectivity index (χ3v) is 7.95. The van der Waals surface area contributed by atoms with E-state index >= 15 is 0 Å². The molecule has 1 fully saturated rings. The van der Waals surface area contributed by atoms with Crippen molar-refractivity contribution in [1.82, 2.24) is 5.32 Å². The van der Waals surface area contributed by atoms with E-state index in [1.54, 1.807) is 0 Å². The summed E-state index contributed by atoms with van der Waals surface area (Å²) in [6.45, 7) is 3.14. The number of aliphatic imine (C=N–C) groups is 1. The zero-order valence-corrected chi connectivity index (χ0v) is 26.0. The smallest absolute Gasteiger partial charge is 0.286 e. The normalized spacial score (nSPS) is 22.9. The molecule has 0 aliphatic carbocycles. The van der Waals surface area contributed by atoms with Gasteiger partial charge < -0.3 is 33.7 Å². The van der Waals surface area contributed by atoms with E-state index in [1.165, 1.54) is 0 Å². The molecule has 240 valence electrons. The lowest BCUT2D eigenvalue weighted by Gasteiger charge is -2.46. The zero-order chi connectivity index (χ0) is 31.2. The van der Waals surface area contributed by atoms with Crippen LogP contribution in [0.4, 0.5) is 0 Å². The van der Waals surface area contributed by atoms with Gasteiger partial charge in [-0.1, -0.05) is 121 Å². The molecule has 8 nitrogen and oxygen atoms in total. The zero-order valence-electron chi connectivity index (χ0n) is 26.0. The van der Waals surface area contributed by atoms with Gasteiger partial charge in [0.25, 0.3) is 6.02 Å². The van der Waals surface area contributed by atoms with Crippen LogP contribution in [0.3, 0.4) is 0 Å². The fourth-order valence-corrected chi connectivity index (χ4v) is 5.57. The van der Waals surface area contributed by atoms with Crippen LogP contribution in [0.1, 0.15) is 28.7 Å². The lowest BCUT2D eigenvalue weighted by atomic mass is 9.97. The molecular weight excluding hydrogens is 580 g/mol. The summed E-state index contributed by atoms with van der Waals surface area (Å²) in [5, 5.41) is 3.39. The summed E-state index contributed by atoms with van der Waals surface area (Å²) in [5.41, 5.74) is 4.24. The molecule has 0 bridgehead atoms. The Morgan fingerprint density at radius 1 is 0.587 bits per heavy atom. The average Bonchev–Trinajstić information content (AvgIpc) is 3.12. The molecule has 6 rings (SSSR count). The number of hydrogen-bond donors (Lipinski definition) is 1. The monoisotopic (exact) mass is 622 g/mol. The third kappa shape index (κ3) is 9.25. The lowest BCUT2D eigenvalue weighted by molar-refractivity contribution is -0.276. The number of nitrogens with zero attached hydrogens (tertiary/aromatic N) is 1. The molecule has 2 heterocycles. The molecule has 4 aromatic carbocycles. The Morgan fingerprint density at radius 3 is 1.57 bits per heavy atom. The van der Waals surface area contributed by atoms with Crippen molar-refractivity contribution < 1.29 is 28.4 Å². The van der Waals surface area contributed by atoms with Crippen LogP contribution in [-0.2, 0) is 54.8 Å². The Hall–Kier alpha value is -4.05. The maximum absolute atomic E-state index is 6.78. The molecule has 8 heteroatoms. The number of benzene rings is 4. The van der Waals surface area contributed by atoms with E-state index in [9.17, 15) is 0 Å². The number of hydrogen-bond acceptors (Lipinski definition) is 8. The Labute approximate surface area is 271 Å². The van der Waals surface area contributed by atoms with Crippen molar-refractivity contribution >= 4 is 6.02 Å². The number of rotatable bonds is 14. The molecule has 0 aromatic heterocycles. The van der Waals surface area contributed by atoms with Gasteiger partial charge >= 0.3 is 0 Å². The second-order valence-corrected chi connectivity index (χ2v) is 11.4. The van der Waals surface area contributed by atoms with Crippen molar-refractivity contribution in [1.29, 1.82) is 0 Å². The SMILES string of the molecule is c1ccc(COC[C@H]2O[C@H](NC3=NCCCO3)[C@H](OCc3ccccc3)[C@@H](OCc3ccccc3)[C@@H]2OCc2ccccc2)cc1. The highest BCUT2D eigenvalue weighted by Gasteiger charge is 2.49. The van der Waals surface area contributed by atoms with E-state index < -0.39 is 30.6 Å². The van der Waals surface area contributed by atoms with Crippen LogP contribution in [0, 0.1) is 0 Å². The molecule has 1 saturated heterocycles. The van der Waals surface area contributed by atoms with Gasteiger partial charge in [0.1, 0.15) is 24.4 Å². The fraction of sp³-hybridized carbons (Fsp3) is 0.342. The minimum Gasteiger partial charge on any atom is -0.465 e. The second kappa shape index (κ2) is 17.0. The van der Waals surface area contributed by atoms with Crippen LogP contribution in [0.15, 0.2) is 126 Å². The lowest BCUT2D eigenvalue weighted by Crippen LogP contribution is -2.65. The van der Waals surface area contributed by atoms with Gasteiger partial charge in [-0.15, -0.1) is 0 Å². The van der Waals surface area contributed by atoms with Gasteiger partial charge in [0.15, 0.2) is 6.23 Å². The number of nitrogens with one attached hydrogen (secondary N) is 1.